The Balaban J connectivity index is 2.20. The van der Waals surface area contributed by atoms with Gasteiger partial charge in [-0.1, -0.05) is 6.92 Å². The number of pyridine rings is 1. The smallest absolute Gasteiger partial charge is 0.137 e. The first kappa shape index (κ1) is 10.4. The van der Waals surface area contributed by atoms with Crippen LogP contribution in [0.25, 0.3) is 0 Å². The van der Waals surface area contributed by atoms with E-state index in [0.29, 0.717) is 17.7 Å². The molecule has 0 aliphatic carbocycles. The number of hydrogen-bond donors (Lipinski definition) is 1. The predicted molar refractivity (Wildman–Crippen MR) is 60.0 cm³/mol. The van der Waals surface area contributed by atoms with Crippen LogP contribution in [-0.4, -0.2) is 34.6 Å². The summed E-state index contributed by atoms with van der Waals surface area (Å²) in [5.74, 6) is 0.629. The third-order valence-corrected chi connectivity index (χ3v) is 3.40. The van der Waals surface area contributed by atoms with Gasteiger partial charge in [-0.3, -0.25) is 4.98 Å². The Morgan fingerprint density at radius 3 is 3.00 bits per heavy atom. The zero-order chi connectivity index (χ0) is 10.8. The van der Waals surface area contributed by atoms with Crippen molar-refractivity contribution < 1.29 is 5.11 Å². The average molecular weight is 206 g/mol. The molecule has 1 aliphatic heterocycles. The Morgan fingerprint density at radius 2 is 2.40 bits per heavy atom. The van der Waals surface area contributed by atoms with E-state index in [9.17, 15) is 5.11 Å². The molecular weight excluding hydrogens is 188 g/mol. The average Bonchev–Trinajstić information content (AvgIpc) is 2.64. The van der Waals surface area contributed by atoms with E-state index >= 15 is 0 Å². The van der Waals surface area contributed by atoms with Gasteiger partial charge in [0.05, 0.1) is 5.69 Å². The van der Waals surface area contributed by atoms with Gasteiger partial charge in [-0.2, -0.15) is 0 Å². The molecule has 1 N–H and O–H groups in total. The first-order valence-electron chi connectivity index (χ1n) is 5.54. The molecule has 2 rings (SSSR count). The zero-order valence-electron chi connectivity index (χ0n) is 9.35. The summed E-state index contributed by atoms with van der Waals surface area (Å²) in [4.78, 5) is 6.64. The molecule has 82 valence electrons. The Labute approximate surface area is 90.8 Å². The molecule has 2 heterocycles. The van der Waals surface area contributed by atoms with E-state index in [1.807, 2.05) is 0 Å². The summed E-state index contributed by atoms with van der Waals surface area (Å²) in [7, 11) is 2.15. The lowest BCUT2D eigenvalue weighted by molar-refractivity contribution is 0.273. The van der Waals surface area contributed by atoms with Gasteiger partial charge in [-0.25, -0.2) is 0 Å². The van der Waals surface area contributed by atoms with Crippen LogP contribution >= 0.6 is 0 Å². The number of aromatic hydroxyl groups is 1. The molecule has 2 atom stereocenters. The second-order valence-electron chi connectivity index (χ2n) is 4.39. The number of rotatable bonds is 2. The third-order valence-electron chi connectivity index (χ3n) is 3.40. The molecule has 0 radical (unpaired) electrons. The minimum absolute atomic E-state index is 0.304. The summed E-state index contributed by atoms with van der Waals surface area (Å²) < 4.78 is 0. The summed E-state index contributed by atoms with van der Waals surface area (Å²) in [6.45, 7) is 3.30. The second-order valence-corrected chi connectivity index (χ2v) is 4.39. The fraction of sp³-hybridized carbons (Fsp3) is 0.583. The minimum Gasteiger partial charge on any atom is -0.506 e. The highest BCUT2D eigenvalue weighted by molar-refractivity contribution is 5.29. The number of nitrogens with zero attached hydrogens (tertiary/aromatic N) is 2. The summed E-state index contributed by atoms with van der Waals surface area (Å²) >= 11 is 0. The number of likely N-dealkylation sites (N-methyl/N-ethyl adjacent to an activating group) is 1. The van der Waals surface area contributed by atoms with Crippen LogP contribution in [0.3, 0.4) is 0 Å². The number of hydrogen-bond acceptors (Lipinski definition) is 3. The molecule has 0 saturated carbocycles. The molecule has 0 bridgehead atoms. The van der Waals surface area contributed by atoms with E-state index in [4.69, 9.17) is 0 Å². The van der Waals surface area contributed by atoms with Crippen LogP contribution in [0.2, 0.25) is 0 Å². The van der Waals surface area contributed by atoms with Gasteiger partial charge in [0.15, 0.2) is 0 Å². The molecule has 1 fully saturated rings. The summed E-state index contributed by atoms with van der Waals surface area (Å²) in [5, 5.41) is 9.75. The molecule has 1 aliphatic rings. The highest BCUT2D eigenvalue weighted by Crippen LogP contribution is 2.32. The van der Waals surface area contributed by atoms with Crippen LogP contribution in [0.4, 0.5) is 0 Å². The van der Waals surface area contributed by atoms with Gasteiger partial charge in [0, 0.05) is 18.2 Å². The van der Waals surface area contributed by atoms with Crippen LogP contribution in [-0.2, 0) is 0 Å². The molecule has 15 heavy (non-hydrogen) atoms. The topological polar surface area (TPSA) is 36.4 Å². The van der Waals surface area contributed by atoms with Gasteiger partial charge in [-0.05, 0) is 38.6 Å². The van der Waals surface area contributed by atoms with Gasteiger partial charge in [-0.15, -0.1) is 0 Å². The lowest BCUT2D eigenvalue weighted by Crippen LogP contribution is -2.30. The Bertz CT molecular complexity index is 340. The van der Waals surface area contributed by atoms with Crippen molar-refractivity contribution in [1.29, 1.82) is 0 Å². The van der Waals surface area contributed by atoms with Crippen molar-refractivity contribution >= 4 is 0 Å². The fourth-order valence-corrected chi connectivity index (χ4v) is 2.51. The van der Waals surface area contributed by atoms with Gasteiger partial charge in [0.2, 0.25) is 0 Å². The van der Waals surface area contributed by atoms with Crippen LogP contribution in [0.5, 0.6) is 5.75 Å². The molecule has 1 aromatic heterocycles. The van der Waals surface area contributed by atoms with Crippen molar-refractivity contribution in [3.8, 4) is 5.75 Å². The SMILES string of the molecule is CC(c1ncccc1O)C1CCCN1C. The van der Waals surface area contributed by atoms with Gasteiger partial charge in [0.25, 0.3) is 0 Å². The lowest BCUT2D eigenvalue weighted by Gasteiger charge is -2.26. The maximum atomic E-state index is 9.75. The highest BCUT2D eigenvalue weighted by Gasteiger charge is 2.29. The molecule has 0 aromatic carbocycles. The van der Waals surface area contributed by atoms with Crippen molar-refractivity contribution in [2.24, 2.45) is 0 Å². The quantitative estimate of drug-likeness (QED) is 0.804. The molecule has 2 unspecified atom stereocenters. The fourth-order valence-electron chi connectivity index (χ4n) is 2.51. The summed E-state index contributed by atoms with van der Waals surface area (Å²) in [6, 6.07) is 4.00. The van der Waals surface area contributed by atoms with E-state index < -0.39 is 0 Å². The molecular formula is C12H18N2O. The molecule has 1 aromatic rings. The zero-order valence-corrected chi connectivity index (χ0v) is 9.35. The largest absolute Gasteiger partial charge is 0.506 e. The van der Waals surface area contributed by atoms with Crippen LogP contribution in [0.15, 0.2) is 18.3 Å². The van der Waals surface area contributed by atoms with Crippen molar-refractivity contribution in [1.82, 2.24) is 9.88 Å². The molecule has 1 saturated heterocycles. The van der Waals surface area contributed by atoms with E-state index in [1.54, 1.807) is 18.3 Å². The van der Waals surface area contributed by atoms with E-state index in [0.717, 1.165) is 12.2 Å². The van der Waals surface area contributed by atoms with Crippen LogP contribution < -0.4 is 0 Å². The molecule has 3 nitrogen and oxygen atoms in total. The van der Waals surface area contributed by atoms with E-state index in [2.05, 4.69) is 23.9 Å². The van der Waals surface area contributed by atoms with Crippen LogP contribution in [0, 0.1) is 0 Å². The van der Waals surface area contributed by atoms with Crippen molar-refractivity contribution in [3.63, 3.8) is 0 Å². The maximum absolute atomic E-state index is 9.75. The van der Waals surface area contributed by atoms with E-state index in [1.165, 1.54) is 12.8 Å². The van der Waals surface area contributed by atoms with Crippen molar-refractivity contribution in [2.75, 3.05) is 13.6 Å². The lowest BCUT2D eigenvalue weighted by atomic mass is 9.95. The highest BCUT2D eigenvalue weighted by atomic mass is 16.3. The third kappa shape index (κ3) is 1.97. The van der Waals surface area contributed by atoms with Crippen molar-refractivity contribution in [3.05, 3.63) is 24.0 Å². The number of aromatic nitrogens is 1. The van der Waals surface area contributed by atoms with Crippen molar-refractivity contribution in [2.45, 2.75) is 31.7 Å². The Hall–Kier alpha value is -1.09. The normalized spacial score (nSPS) is 24.3. The molecule has 0 amide bonds. The summed E-state index contributed by atoms with van der Waals surface area (Å²) in [6.07, 6.45) is 4.20. The standard InChI is InChI=1S/C12H18N2O/c1-9(10-5-4-8-14(10)2)12-11(15)6-3-7-13-12/h3,6-7,9-10,15H,4-5,8H2,1-2H3. The summed E-state index contributed by atoms with van der Waals surface area (Å²) in [5.41, 5.74) is 0.830. The number of likely N-dealkylation sites (tertiary alicyclic amines) is 1. The minimum atomic E-state index is 0.304. The van der Waals surface area contributed by atoms with Gasteiger partial charge in [0.1, 0.15) is 5.75 Å². The van der Waals surface area contributed by atoms with Gasteiger partial charge >= 0.3 is 0 Å². The van der Waals surface area contributed by atoms with Gasteiger partial charge < -0.3 is 10.0 Å². The first-order chi connectivity index (χ1) is 7.20. The molecule has 0 spiro atoms. The van der Waals surface area contributed by atoms with E-state index in [-0.39, 0.29) is 0 Å². The maximum Gasteiger partial charge on any atom is 0.137 e. The predicted octanol–water partition coefficient (Wildman–Crippen LogP) is 1.98. The Morgan fingerprint density at radius 1 is 1.60 bits per heavy atom. The Kier molecular flexibility index (Phi) is 2.91. The first-order valence-corrected chi connectivity index (χ1v) is 5.54. The van der Waals surface area contributed by atoms with Crippen LogP contribution in [0.1, 0.15) is 31.4 Å². The molecule has 3 heteroatoms. The second kappa shape index (κ2) is 4.19. The monoisotopic (exact) mass is 206 g/mol.